The second kappa shape index (κ2) is 13.4. The van der Waals surface area contributed by atoms with E-state index in [1.54, 1.807) is 13.0 Å². The maximum Gasteiger partial charge on any atom is 0.303 e. The average Bonchev–Trinajstić information content (AvgIpc) is 3.14. The summed E-state index contributed by atoms with van der Waals surface area (Å²) in [4.78, 5) is 66.6. The lowest BCUT2D eigenvalue weighted by Crippen LogP contribution is -2.61. The van der Waals surface area contributed by atoms with Crippen molar-refractivity contribution in [3.63, 3.8) is 0 Å². The first-order valence-electron chi connectivity index (χ1n) is 12.1. The predicted molar refractivity (Wildman–Crippen MR) is 139 cm³/mol. The molecular formula is C26H30N2O10S. The van der Waals surface area contributed by atoms with E-state index in [1.165, 1.54) is 11.8 Å². The molecule has 1 amide bonds. The highest BCUT2D eigenvalue weighted by molar-refractivity contribution is 8.14. The molecule has 0 saturated carbocycles. The SMILES string of the molecule is CCN1C(=O)/C(=C/c2ccccc2)N=C1S[C@@H]1O[C@H](COC(C)=O)[C@@H](OC(C)=O)[C@H](OC(C)=O)[C@H]1OC(C)=O. The van der Waals surface area contributed by atoms with Crippen molar-refractivity contribution in [2.45, 2.75) is 64.5 Å². The van der Waals surface area contributed by atoms with Crippen LogP contribution in [0.15, 0.2) is 41.0 Å². The number of thioether (sulfide) groups is 1. The molecule has 1 saturated heterocycles. The third kappa shape index (κ3) is 7.90. The number of benzene rings is 1. The Bertz CT molecular complexity index is 1170. The van der Waals surface area contributed by atoms with Crippen molar-refractivity contribution < 1.29 is 47.7 Å². The molecule has 5 atom stereocenters. The molecule has 13 heteroatoms. The summed E-state index contributed by atoms with van der Waals surface area (Å²) in [5.41, 5.74) is -0.127. The summed E-state index contributed by atoms with van der Waals surface area (Å²) in [7, 11) is 0. The molecule has 39 heavy (non-hydrogen) atoms. The van der Waals surface area contributed by atoms with E-state index in [0.717, 1.165) is 38.1 Å². The molecule has 210 valence electrons. The number of hydrogen-bond acceptors (Lipinski definition) is 12. The topological polar surface area (TPSA) is 147 Å². The highest BCUT2D eigenvalue weighted by Crippen LogP contribution is 2.37. The number of carbonyl (C=O) groups excluding carboxylic acids is 5. The van der Waals surface area contributed by atoms with Crippen LogP contribution in [0.3, 0.4) is 0 Å². The third-order valence-electron chi connectivity index (χ3n) is 5.50. The number of likely N-dealkylation sites (N-methyl/N-ethyl adjacent to an activating group) is 1. The van der Waals surface area contributed by atoms with Crippen LogP contribution in [0.5, 0.6) is 0 Å². The zero-order valence-electron chi connectivity index (χ0n) is 22.2. The molecule has 0 bridgehead atoms. The first-order valence-corrected chi connectivity index (χ1v) is 13.0. The molecular weight excluding hydrogens is 532 g/mol. The van der Waals surface area contributed by atoms with Gasteiger partial charge in [0, 0.05) is 34.2 Å². The molecule has 3 rings (SSSR count). The van der Waals surface area contributed by atoms with Crippen LogP contribution in [-0.4, -0.2) is 82.9 Å². The maximum atomic E-state index is 13.1. The molecule has 0 aliphatic carbocycles. The van der Waals surface area contributed by atoms with E-state index in [9.17, 15) is 24.0 Å². The molecule has 2 aliphatic rings. The zero-order chi connectivity index (χ0) is 28.7. The van der Waals surface area contributed by atoms with Gasteiger partial charge < -0.3 is 23.7 Å². The smallest absolute Gasteiger partial charge is 0.303 e. The van der Waals surface area contributed by atoms with Gasteiger partial charge in [-0.2, -0.15) is 0 Å². The van der Waals surface area contributed by atoms with Crippen LogP contribution in [0.1, 0.15) is 40.2 Å². The monoisotopic (exact) mass is 562 g/mol. The number of aliphatic imine (C=N–C) groups is 1. The molecule has 0 N–H and O–H groups in total. The van der Waals surface area contributed by atoms with Gasteiger partial charge in [-0.05, 0) is 18.6 Å². The normalized spacial score (nSPS) is 25.6. The van der Waals surface area contributed by atoms with Crippen LogP contribution < -0.4 is 0 Å². The quantitative estimate of drug-likeness (QED) is 0.260. The number of amidine groups is 1. The molecule has 1 aromatic rings. The maximum absolute atomic E-state index is 13.1. The molecule has 1 fully saturated rings. The van der Waals surface area contributed by atoms with E-state index in [2.05, 4.69) is 4.99 Å². The van der Waals surface area contributed by atoms with Gasteiger partial charge in [-0.3, -0.25) is 28.9 Å². The summed E-state index contributed by atoms with van der Waals surface area (Å²) in [5, 5.41) is 0.255. The Morgan fingerprint density at radius 2 is 1.51 bits per heavy atom. The number of esters is 4. The molecule has 12 nitrogen and oxygen atoms in total. The van der Waals surface area contributed by atoms with E-state index in [1.807, 2.05) is 30.3 Å². The lowest BCUT2D eigenvalue weighted by molar-refractivity contribution is -0.237. The van der Waals surface area contributed by atoms with E-state index in [4.69, 9.17) is 23.7 Å². The molecule has 0 aromatic heterocycles. The molecule has 0 radical (unpaired) electrons. The minimum atomic E-state index is -1.31. The van der Waals surface area contributed by atoms with Gasteiger partial charge in [-0.15, -0.1) is 0 Å². The molecule has 1 aromatic carbocycles. The molecule has 0 spiro atoms. The predicted octanol–water partition coefficient (Wildman–Crippen LogP) is 2.06. The second-order valence-electron chi connectivity index (χ2n) is 8.57. The number of hydrogen-bond donors (Lipinski definition) is 0. The van der Waals surface area contributed by atoms with E-state index < -0.39 is 53.7 Å². The van der Waals surface area contributed by atoms with Crippen molar-refractivity contribution >= 4 is 52.8 Å². The van der Waals surface area contributed by atoms with Crippen molar-refractivity contribution in [3.05, 3.63) is 41.6 Å². The van der Waals surface area contributed by atoms with Gasteiger partial charge in [-0.25, -0.2) is 4.99 Å². The minimum absolute atomic E-state index is 0.191. The summed E-state index contributed by atoms with van der Waals surface area (Å²) >= 11 is 0.961. The van der Waals surface area contributed by atoms with Gasteiger partial charge in [0.15, 0.2) is 28.9 Å². The number of carbonyl (C=O) groups is 5. The Kier molecular flexibility index (Phi) is 10.2. The largest absolute Gasteiger partial charge is 0.463 e. The summed E-state index contributed by atoms with van der Waals surface area (Å²) in [6.45, 7) is 6.35. The number of nitrogens with zero attached hydrogens (tertiary/aromatic N) is 2. The lowest BCUT2D eigenvalue weighted by Gasteiger charge is -2.44. The van der Waals surface area contributed by atoms with Crippen LogP contribution in [0.4, 0.5) is 0 Å². The fraction of sp³-hybridized carbons (Fsp3) is 0.462. The Balaban J connectivity index is 2.01. The van der Waals surface area contributed by atoms with Crippen molar-refractivity contribution in [1.29, 1.82) is 0 Å². The summed E-state index contributed by atoms with van der Waals surface area (Å²) < 4.78 is 27.6. The van der Waals surface area contributed by atoms with Gasteiger partial charge in [0.05, 0.1) is 0 Å². The van der Waals surface area contributed by atoms with Gasteiger partial charge >= 0.3 is 23.9 Å². The van der Waals surface area contributed by atoms with Gasteiger partial charge in [0.2, 0.25) is 0 Å². The average molecular weight is 563 g/mol. The Morgan fingerprint density at radius 1 is 0.923 bits per heavy atom. The van der Waals surface area contributed by atoms with E-state index in [-0.39, 0.29) is 29.9 Å². The Hall–Kier alpha value is -3.71. The van der Waals surface area contributed by atoms with Crippen molar-refractivity contribution in [1.82, 2.24) is 4.90 Å². The summed E-state index contributed by atoms with van der Waals surface area (Å²) in [6.07, 6.45) is -3.30. The minimum Gasteiger partial charge on any atom is -0.463 e. The van der Waals surface area contributed by atoms with Gasteiger partial charge in [0.1, 0.15) is 18.4 Å². The van der Waals surface area contributed by atoms with Crippen LogP contribution in [-0.2, 0) is 47.7 Å². The fourth-order valence-corrected chi connectivity index (χ4v) is 5.23. The van der Waals surface area contributed by atoms with Crippen LogP contribution >= 0.6 is 11.8 Å². The molecule has 2 heterocycles. The highest BCUT2D eigenvalue weighted by Gasteiger charge is 2.53. The van der Waals surface area contributed by atoms with Crippen molar-refractivity contribution in [2.75, 3.05) is 13.2 Å². The van der Waals surface area contributed by atoms with Crippen LogP contribution in [0.2, 0.25) is 0 Å². The van der Waals surface area contributed by atoms with Crippen LogP contribution in [0, 0.1) is 0 Å². The van der Waals surface area contributed by atoms with Gasteiger partial charge in [-0.1, -0.05) is 42.1 Å². The summed E-state index contributed by atoms with van der Waals surface area (Å²) in [5.74, 6) is -3.13. The van der Waals surface area contributed by atoms with E-state index in [0.29, 0.717) is 0 Å². The van der Waals surface area contributed by atoms with Crippen molar-refractivity contribution in [3.8, 4) is 0 Å². The third-order valence-corrected chi connectivity index (χ3v) is 6.63. The van der Waals surface area contributed by atoms with Gasteiger partial charge in [0.25, 0.3) is 5.91 Å². The standard InChI is InChI=1S/C26H30N2O10S/c1-6-28-24(33)19(12-18-10-8-7-9-11-18)27-26(28)39-25-23(37-17(5)32)22(36-16(4)31)21(35-15(3)30)20(38-25)13-34-14(2)29/h7-12,20-23,25H,6,13H2,1-5H3/b19-12-/t20-,21-,22+,23-,25+/m1/s1. The number of amides is 1. The lowest BCUT2D eigenvalue weighted by atomic mass is 9.99. The second-order valence-corrected chi connectivity index (χ2v) is 9.64. The fourth-order valence-electron chi connectivity index (χ4n) is 3.99. The first kappa shape index (κ1) is 29.8. The van der Waals surface area contributed by atoms with E-state index >= 15 is 0 Å². The Morgan fingerprint density at radius 3 is 2.08 bits per heavy atom. The molecule has 2 aliphatic heterocycles. The molecule has 0 unspecified atom stereocenters. The number of rotatable bonds is 8. The van der Waals surface area contributed by atoms with Crippen LogP contribution in [0.25, 0.3) is 6.08 Å². The number of ether oxygens (including phenoxy) is 5. The Labute approximate surface area is 229 Å². The zero-order valence-corrected chi connectivity index (χ0v) is 23.0. The van der Waals surface area contributed by atoms with Crippen molar-refractivity contribution in [2.24, 2.45) is 4.99 Å². The first-order chi connectivity index (χ1) is 18.5. The summed E-state index contributed by atoms with van der Waals surface area (Å²) in [6, 6.07) is 9.18. The highest BCUT2D eigenvalue weighted by atomic mass is 32.2.